The Morgan fingerprint density at radius 1 is 1.38 bits per heavy atom. The summed E-state index contributed by atoms with van der Waals surface area (Å²) in [5.74, 6) is 2.12. The van der Waals surface area contributed by atoms with Gasteiger partial charge in [0.05, 0.1) is 24.0 Å². The van der Waals surface area contributed by atoms with Crippen LogP contribution >= 0.6 is 23.1 Å². The highest BCUT2D eigenvalue weighted by atomic mass is 32.2. The molecule has 0 aliphatic rings. The van der Waals surface area contributed by atoms with Crippen LogP contribution in [-0.2, 0) is 16.2 Å². The fraction of sp³-hybridized carbons (Fsp3) is 0.312. The van der Waals surface area contributed by atoms with Crippen molar-refractivity contribution in [3.05, 3.63) is 50.3 Å². The molecule has 126 valence electrons. The van der Waals surface area contributed by atoms with Gasteiger partial charge in [-0.2, -0.15) is 0 Å². The number of aromatic amines is 1. The van der Waals surface area contributed by atoms with Gasteiger partial charge in [0.2, 0.25) is 5.76 Å². The number of aryl methyl sites for hydroxylation is 2. The monoisotopic (exact) mass is 364 g/mol. The highest BCUT2D eigenvalue weighted by Crippen LogP contribution is 2.26. The molecule has 3 aromatic heterocycles. The molecule has 3 heterocycles. The van der Waals surface area contributed by atoms with Crippen LogP contribution in [0.1, 0.15) is 32.6 Å². The Kier molecular flexibility index (Phi) is 4.77. The molecule has 0 fully saturated rings. The Balaban J connectivity index is 1.69. The van der Waals surface area contributed by atoms with Gasteiger partial charge in [0, 0.05) is 4.88 Å². The molecule has 0 spiro atoms. The van der Waals surface area contributed by atoms with Gasteiger partial charge < -0.3 is 14.1 Å². The fourth-order valence-electron chi connectivity index (χ4n) is 2.28. The van der Waals surface area contributed by atoms with Crippen molar-refractivity contribution in [1.29, 1.82) is 0 Å². The molecule has 3 rings (SSSR count). The summed E-state index contributed by atoms with van der Waals surface area (Å²) in [5, 5.41) is 0.681. The fourth-order valence-corrected chi connectivity index (χ4v) is 4.12. The van der Waals surface area contributed by atoms with Crippen molar-refractivity contribution in [1.82, 2.24) is 9.97 Å². The summed E-state index contributed by atoms with van der Waals surface area (Å²) in [5.41, 5.74) is 0.900. The smallest absolute Gasteiger partial charge is 0.373 e. The number of H-pyrrole nitrogens is 1. The first-order valence-corrected chi connectivity index (χ1v) is 9.20. The van der Waals surface area contributed by atoms with Crippen molar-refractivity contribution in [3.63, 3.8) is 0 Å². The Hall–Kier alpha value is -2.06. The lowest BCUT2D eigenvalue weighted by atomic mass is 10.2. The molecule has 8 heteroatoms. The molecule has 0 aromatic carbocycles. The Bertz CT molecular complexity index is 955. The van der Waals surface area contributed by atoms with Crippen LogP contribution in [0.3, 0.4) is 0 Å². The van der Waals surface area contributed by atoms with E-state index in [1.807, 2.05) is 13.8 Å². The number of rotatable bonds is 5. The SMILES string of the molecule is COC(=O)c1ccc(CSCc2nc3sc(C)c(C)c3c(=O)[nH]2)o1. The average molecular weight is 364 g/mol. The highest BCUT2D eigenvalue weighted by Gasteiger charge is 2.13. The van der Waals surface area contributed by atoms with E-state index < -0.39 is 5.97 Å². The van der Waals surface area contributed by atoms with E-state index in [-0.39, 0.29) is 11.3 Å². The van der Waals surface area contributed by atoms with Crippen molar-refractivity contribution in [2.24, 2.45) is 0 Å². The number of esters is 1. The number of hydrogen-bond donors (Lipinski definition) is 1. The Morgan fingerprint density at radius 3 is 2.92 bits per heavy atom. The number of ether oxygens (including phenoxy) is 1. The number of furan rings is 1. The predicted molar refractivity (Wildman–Crippen MR) is 94.8 cm³/mol. The predicted octanol–water partition coefficient (Wildman–Crippen LogP) is 3.41. The summed E-state index contributed by atoms with van der Waals surface area (Å²) < 4.78 is 10.0. The largest absolute Gasteiger partial charge is 0.463 e. The van der Waals surface area contributed by atoms with Gasteiger partial charge in [0.25, 0.3) is 5.56 Å². The first-order valence-electron chi connectivity index (χ1n) is 7.23. The number of methoxy groups -OCH3 is 1. The highest BCUT2D eigenvalue weighted by molar-refractivity contribution is 7.97. The first kappa shape index (κ1) is 16.8. The number of thiophene rings is 1. The average Bonchev–Trinajstić information content (AvgIpc) is 3.12. The van der Waals surface area contributed by atoms with E-state index in [4.69, 9.17) is 4.42 Å². The maximum absolute atomic E-state index is 12.2. The van der Waals surface area contributed by atoms with Crippen LogP contribution in [-0.4, -0.2) is 23.0 Å². The molecule has 0 saturated carbocycles. The third-order valence-electron chi connectivity index (χ3n) is 3.62. The minimum Gasteiger partial charge on any atom is -0.463 e. The molecular weight excluding hydrogens is 348 g/mol. The molecule has 0 unspecified atom stereocenters. The minimum atomic E-state index is -0.494. The van der Waals surface area contributed by atoms with Gasteiger partial charge in [-0.25, -0.2) is 9.78 Å². The number of hydrogen-bond acceptors (Lipinski definition) is 7. The molecule has 0 bridgehead atoms. The molecule has 0 saturated heterocycles. The van der Waals surface area contributed by atoms with Crippen LogP contribution in [0.2, 0.25) is 0 Å². The molecule has 0 aliphatic carbocycles. The van der Waals surface area contributed by atoms with E-state index in [1.165, 1.54) is 18.4 Å². The second-order valence-corrected chi connectivity index (χ2v) is 7.42. The summed E-state index contributed by atoms with van der Waals surface area (Å²) in [7, 11) is 1.31. The molecule has 0 amide bonds. The number of nitrogens with zero attached hydrogens (tertiary/aromatic N) is 1. The molecule has 0 aliphatic heterocycles. The Morgan fingerprint density at radius 2 is 2.17 bits per heavy atom. The number of carbonyl (C=O) groups is 1. The summed E-state index contributed by atoms with van der Waals surface area (Å²) >= 11 is 3.08. The van der Waals surface area contributed by atoms with Crippen LogP contribution < -0.4 is 5.56 Å². The molecule has 6 nitrogen and oxygen atoms in total. The van der Waals surface area contributed by atoms with E-state index >= 15 is 0 Å². The number of carbonyl (C=O) groups excluding carboxylic acids is 1. The summed E-state index contributed by atoms with van der Waals surface area (Å²) in [6.45, 7) is 3.93. The first-order chi connectivity index (χ1) is 11.5. The van der Waals surface area contributed by atoms with Gasteiger partial charge in [-0.3, -0.25) is 4.79 Å². The quantitative estimate of drug-likeness (QED) is 0.698. The zero-order valence-corrected chi connectivity index (χ0v) is 15.1. The summed E-state index contributed by atoms with van der Waals surface area (Å²) in [4.78, 5) is 32.8. The maximum atomic E-state index is 12.2. The topological polar surface area (TPSA) is 85.2 Å². The van der Waals surface area contributed by atoms with Crippen LogP contribution in [0.25, 0.3) is 10.2 Å². The van der Waals surface area contributed by atoms with Crippen molar-refractivity contribution >= 4 is 39.3 Å². The van der Waals surface area contributed by atoms with Crippen molar-refractivity contribution in [2.45, 2.75) is 25.4 Å². The number of aromatic nitrogens is 2. The van der Waals surface area contributed by atoms with Gasteiger partial charge in [0.1, 0.15) is 16.4 Å². The van der Waals surface area contributed by atoms with Gasteiger partial charge >= 0.3 is 5.97 Å². The van der Waals surface area contributed by atoms with Gasteiger partial charge in [0.15, 0.2) is 0 Å². The number of fused-ring (bicyclic) bond motifs is 1. The lowest BCUT2D eigenvalue weighted by molar-refractivity contribution is 0.0563. The summed E-state index contributed by atoms with van der Waals surface area (Å²) in [6, 6.07) is 3.33. The van der Waals surface area contributed by atoms with Gasteiger partial charge in [-0.1, -0.05) is 0 Å². The van der Waals surface area contributed by atoms with E-state index in [0.717, 1.165) is 15.3 Å². The zero-order valence-electron chi connectivity index (χ0n) is 13.5. The second-order valence-electron chi connectivity index (χ2n) is 5.23. The zero-order chi connectivity index (χ0) is 17.3. The third kappa shape index (κ3) is 3.25. The lowest BCUT2D eigenvalue weighted by Gasteiger charge is -2.01. The third-order valence-corrected chi connectivity index (χ3v) is 5.69. The van der Waals surface area contributed by atoms with Crippen LogP contribution in [0.5, 0.6) is 0 Å². The van der Waals surface area contributed by atoms with E-state index in [2.05, 4.69) is 14.7 Å². The van der Waals surface area contributed by atoms with Crippen LogP contribution in [0, 0.1) is 13.8 Å². The molecule has 24 heavy (non-hydrogen) atoms. The minimum absolute atomic E-state index is 0.0940. The van der Waals surface area contributed by atoms with Gasteiger partial charge in [-0.15, -0.1) is 23.1 Å². The van der Waals surface area contributed by atoms with Gasteiger partial charge in [-0.05, 0) is 31.5 Å². The normalized spacial score (nSPS) is 11.1. The molecule has 1 N–H and O–H groups in total. The van der Waals surface area contributed by atoms with E-state index in [9.17, 15) is 9.59 Å². The number of thioether (sulfide) groups is 1. The number of nitrogens with one attached hydrogen (secondary N) is 1. The van der Waals surface area contributed by atoms with Crippen molar-refractivity contribution < 1.29 is 13.9 Å². The van der Waals surface area contributed by atoms with E-state index in [1.54, 1.807) is 23.9 Å². The van der Waals surface area contributed by atoms with E-state index in [0.29, 0.717) is 28.5 Å². The van der Waals surface area contributed by atoms with Crippen molar-refractivity contribution in [2.75, 3.05) is 7.11 Å². The standard InChI is InChI=1S/C16H16N2O4S2/c1-8-9(2)24-15-13(8)14(19)17-12(18-15)7-23-6-10-4-5-11(22-10)16(20)21-3/h4-5H,6-7H2,1-3H3,(H,17,18,19). The van der Waals surface area contributed by atoms with Crippen LogP contribution in [0.15, 0.2) is 21.3 Å². The van der Waals surface area contributed by atoms with Crippen LogP contribution in [0.4, 0.5) is 0 Å². The molecular formula is C16H16N2O4S2. The van der Waals surface area contributed by atoms with Crippen molar-refractivity contribution in [3.8, 4) is 0 Å². The summed E-state index contributed by atoms with van der Waals surface area (Å²) in [6.07, 6.45) is 0. The molecule has 0 atom stereocenters. The molecule has 3 aromatic rings. The lowest BCUT2D eigenvalue weighted by Crippen LogP contribution is -2.10. The second kappa shape index (κ2) is 6.82. The maximum Gasteiger partial charge on any atom is 0.373 e. The molecule has 0 radical (unpaired) electrons. The Labute approximate surface area is 146 Å².